The van der Waals surface area contributed by atoms with E-state index in [1.165, 1.54) is 12.4 Å². The van der Waals surface area contributed by atoms with Crippen LogP contribution in [0.5, 0.6) is 0 Å². The van der Waals surface area contributed by atoms with E-state index < -0.39 is 0 Å². The largest absolute Gasteiger partial charge is 0.339 e. The van der Waals surface area contributed by atoms with Crippen LogP contribution in [0.1, 0.15) is 23.1 Å². The van der Waals surface area contributed by atoms with Crippen LogP contribution in [0.3, 0.4) is 0 Å². The Morgan fingerprint density at radius 3 is 2.90 bits per heavy atom. The Labute approximate surface area is 114 Å². The normalized spacial score (nSPS) is 10.8. The molecule has 2 heterocycles. The van der Waals surface area contributed by atoms with Crippen LogP contribution >= 0.6 is 0 Å². The maximum atomic E-state index is 13.5. The van der Waals surface area contributed by atoms with Gasteiger partial charge in [0.25, 0.3) is 0 Å². The van der Waals surface area contributed by atoms with Crippen LogP contribution < -0.4 is 0 Å². The molecule has 0 aliphatic heterocycles. The zero-order chi connectivity index (χ0) is 13.8. The molecule has 3 aromatic rings. The summed E-state index contributed by atoms with van der Waals surface area (Å²) in [6.07, 6.45) is 2.98. The fraction of sp³-hybridized carbons (Fsp3) is 0.231. The Balaban J connectivity index is 1.63. The van der Waals surface area contributed by atoms with Crippen LogP contribution in [0.15, 0.2) is 35.1 Å². The van der Waals surface area contributed by atoms with Gasteiger partial charge in [0.2, 0.25) is 5.89 Å². The Kier molecular flexibility index (Phi) is 3.49. The number of hydrogen-bond donors (Lipinski definition) is 1. The lowest BCUT2D eigenvalue weighted by Crippen LogP contribution is -1.96. The molecule has 0 atom stereocenters. The van der Waals surface area contributed by atoms with E-state index in [9.17, 15) is 4.39 Å². The Hall–Kier alpha value is -2.57. The highest BCUT2D eigenvalue weighted by Crippen LogP contribution is 2.11. The second kappa shape index (κ2) is 5.60. The second-order valence-electron chi connectivity index (χ2n) is 4.30. The van der Waals surface area contributed by atoms with Crippen molar-refractivity contribution in [2.75, 3.05) is 0 Å². The number of aromatic amines is 1. The first-order chi connectivity index (χ1) is 9.81. The molecular formula is C13H12FN5O. The predicted octanol–water partition coefficient (Wildman–Crippen LogP) is 1.70. The number of aromatic nitrogens is 5. The highest BCUT2D eigenvalue weighted by molar-refractivity contribution is 5.20. The molecule has 20 heavy (non-hydrogen) atoms. The molecule has 0 unspecified atom stereocenters. The summed E-state index contributed by atoms with van der Waals surface area (Å²) >= 11 is 0. The highest BCUT2D eigenvalue weighted by atomic mass is 19.1. The van der Waals surface area contributed by atoms with E-state index in [-0.39, 0.29) is 5.82 Å². The topological polar surface area (TPSA) is 80.5 Å². The summed E-state index contributed by atoms with van der Waals surface area (Å²) in [5, 5.41) is 10.4. The van der Waals surface area contributed by atoms with E-state index in [4.69, 9.17) is 4.52 Å². The van der Waals surface area contributed by atoms with Gasteiger partial charge in [-0.1, -0.05) is 23.4 Å². The van der Waals surface area contributed by atoms with Crippen molar-refractivity contribution in [2.45, 2.75) is 19.3 Å². The summed E-state index contributed by atoms with van der Waals surface area (Å²) in [4.78, 5) is 8.25. The smallest absolute Gasteiger partial charge is 0.227 e. The monoisotopic (exact) mass is 273 g/mol. The van der Waals surface area contributed by atoms with Gasteiger partial charge in [0, 0.05) is 19.3 Å². The van der Waals surface area contributed by atoms with Gasteiger partial charge in [-0.05, 0) is 11.6 Å². The molecule has 0 amide bonds. The van der Waals surface area contributed by atoms with Crippen molar-refractivity contribution in [1.82, 2.24) is 25.3 Å². The van der Waals surface area contributed by atoms with Crippen LogP contribution in [-0.4, -0.2) is 25.3 Å². The number of nitrogens with one attached hydrogen (secondary N) is 1. The Bertz CT molecular complexity index is 680. The van der Waals surface area contributed by atoms with Gasteiger partial charge in [-0.3, -0.25) is 5.10 Å². The van der Waals surface area contributed by atoms with E-state index >= 15 is 0 Å². The summed E-state index contributed by atoms with van der Waals surface area (Å²) in [7, 11) is 0. The third-order valence-electron chi connectivity index (χ3n) is 2.86. The van der Waals surface area contributed by atoms with Gasteiger partial charge in [-0.25, -0.2) is 9.37 Å². The molecule has 0 saturated carbocycles. The standard InChI is InChI=1S/C13H12FN5O/c14-10-4-2-1-3-9(10)7-12-17-13(20-19-12)6-5-11-15-8-16-18-11/h1-4,8H,5-7H2,(H,15,16,18). The average Bonchev–Trinajstić information content (AvgIpc) is 3.10. The number of nitrogens with zero attached hydrogens (tertiary/aromatic N) is 4. The number of halogens is 1. The highest BCUT2D eigenvalue weighted by Gasteiger charge is 2.10. The van der Waals surface area contributed by atoms with Crippen molar-refractivity contribution in [3.05, 3.63) is 59.5 Å². The lowest BCUT2D eigenvalue weighted by Gasteiger charge is -1.97. The molecule has 0 aliphatic rings. The lowest BCUT2D eigenvalue weighted by atomic mass is 10.1. The first-order valence-corrected chi connectivity index (χ1v) is 6.20. The molecule has 0 fully saturated rings. The van der Waals surface area contributed by atoms with Crippen molar-refractivity contribution >= 4 is 0 Å². The van der Waals surface area contributed by atoms with Gasteiger partial charge in [0.1, 0.15) is 18.0 Å². The SMILES string of the molecule is Fc1ccccc1Cc1noc(CCc2ncn[nH]2)n1. The number of aryl methyl sites for hydroxylation is 2. The molecule has 0 spiro atoms. The van der Waals surface area contributed by atoms with Crippen molar-refractivity contribution in [3.63, 3.8) is 0 Å². The lowest BCUT2D eigenvalue weighted by molar-refractivity contribution is 0.373. The summed E-state index contributed by atoms with van der Waals surface area (Å²) in [6.45, 7) is 0. The fourth-order valence-corrected chi connectivity index (χ4v) is 1.85. The predicted molar refractivity (Wildman–Crippen MR) is 67.3 cm³/mol. The van der Waals surface area contributed by atoms with Crippen LogP contribution in [0.2, 0.25) is 0 Å². The zero-order valence-corrected chi connectivity index (χ0v) is 10.6. The van der Waals surface area contributed by atoms with Gasteiger partial charge in [0.15, 0.2) is 5.82 Å². The zero-order valence-electron chi connectivity index (χ0n) is 10.6. The summed E-state index contributed by atoms with van der Waals surface area (Å²) in [5.74, 6) is 1.48. The van der Waals surface area contributed by atoms with E-state index in [0.29, 0.717) is 36.5 Å². The maximum absolute atomic E-state index is 13.5. The van der Waals surface area contributed by atoms with Crippen molar-refractivity contribution < 1.29 is 8.91 Å². The van der Waals surface area contributed by atoms with Gasteiger partial charge in [-0.2, -0.15) is 10.1 Å². The molecule has 102 valence electrons. The minimum absolute atomic E-state index is 0.263. The first-order valence-electron chi connectivity index (χ1n) is 6.20. The van der Waals surface area contributed by atoms with Gasteiger partial charge < -0.3 is 4.52 Å². The van der Waals surface area contributed by atoms with Crippen LogP contribution in [-0.2, 0) is 19.3 Å². The number of hydrogen-bond acceptors (Lipinski definition) is 5. The molecule has 1 aromatic carbocycles. The Morgan fingerprint density at radius 2 is 2.10 bits per heavy atom. The van der Waals surface area contributed by atoms with Crippen LogP contribution in [0.4, 0.5) is 4.39 Å². The van der Waals surface area contributed by atoms with Crippen LogP contribution in [0.25, 0.3) is 0 Å². The molecule has 3 rings (SSSR count). The van der Waals surface area contributed by atoms with Gasteiger partial charge >= 0.3 is 0 Å². The average molecular weight is 273 g/mol. The summed E-state index contributed by atoms with van der Waals surface area (Å²) < 4.78 is 18.6. The van der Waals surface area contributed by atoms with E-state index in [1.807, 2.05) is 0 Å². The summed E-state index contributed by atoms with van der Waals surface area (Å²) in [5.41, 5.74) is 0.551. The Morgan fingerprint density at radius 1 is 1.20 bits per heavy atom. The van der Waals surface area contributed by atoms with Gasteiger partial charge in [-0.15, -0.1) is 0 Å². The maximum Gasteiger partial charge on any atom is 0.227 e. The number of rotatable bonds is 5. The van der Waals surface area contributed by atoms with Crippen molar-refractivity contribution in [3.8, 4) is 0 Å². The van der Waals surface area contributed by atoms with Crippen molar-refractivity contribution in [2.24, 2.45) is 0 Å². The molecule has 6 nitrogen and oxygen atoms in total. The molecule has 1 N–H and O–H groups in total. The number of benzene rings is 1. The molecule has 0 saturated heterocycles. The van der Waals surface area contributed by atoms with E-state index in [0.717, 1.165) is 5.82 Å². The van der Waals surface area contributed by atoms with E-state index in [2.05, 4.69) is 25.3 Å². The minimum atomic E-state index is -0.263. The second-order valence-corrected chi connectivity index (χ2v) is 4.30. The van der Waals surface area contributed by atoms with Crippen molar-refractivity contribution in [1.29, 1.82) is 0 Å². The summed E-state index contributed by atoms with van der Waals surface area (Å²) in [6, 6.07) is 6.56. The molecule has 0 aliphatic carbocycles. The quantitative estimate of drug-likeness (QED) is 0.765. The first kappa shape index (κ1) is 12.5. The molecule has 7 heteroatoms. The third kappa shape index (κ3) is 2.87. The number of H-pyrrole nitrogens is 1. The molecule has 0 bridgehead atoms. The molecule has 0 radical (unpaired) electrons. The fourth-order valence-electron chi connectivity index (χ4n) is 1.85. The minimum Gasteiger partial charge on any atom is -0.339 e. The third-order valence-corrected chi connectivity index (χ3v) is 2.86. The van der Waals surface area contributed by atoms with Gasteiger partial charge in [0.05, 0.1) is 0 Å². The van der Waals surface area contributed by atoms with E-state index in [1.54, 1.807) is 18.2 Å². The molecule has 2 aromatic heterocycles. The molecular weight excluding hydrogens is 261 g/mol. The van der Waals surface area contributed by atoms with Crippen LogP contribution in [0, 0.1) is 5.82 Å².